The van der Waals surface area contributed by atoms with Crippen molar-refractivity contribution in [2.75, 3.05) is 34.4 Å². The summed E-state index contributed by atoms with van der Waals surface area (Å²) < 4.78 is 15.9. The summed E-state index contributed by atoms with van der Waals surface area (Å²) >= 11 is 0. The molecular weight excluding hydrogens is 234 g/mol. The van der Waals surface area contributed by atoms with E-state index < -0.39 is 5.41 Å². The van der Waals surface area contributed by atoms with Gasteiger partial charge in [-0.3, -0.25) is 9.69 Å². The molecule has 1 atom stereocenters. The van der Waals surface area contributed by atoms with E-state index in [2.05, 4.69) is 0 Å². The molecule has 0 N–H and O–H groups in total. The first kappa shape index (κ1) is 13.1. The number of furan rings is 1. The van der Waals surface area contributed by atoms with Crippen molar-refractivity contribution in [3.8, 4) is 0 Å². The minimum atomic E-state index is -0.664. The molecular formula is C13H19NO4. The van der Waals surface area contributed by atoms with Crippen molar-refractivity contribution in [2.45, 2.75) is 13.0 Å². The fraction of sp³-hybridized carbons (Fsp3) is 0.615. The van der Waals surface area contributed by atoms with Crippen molar-refractivity contribution in [3.63, 3.8) is 0 Å². The third-order valence-electron chi connectivity index (χ3n) is 3.38. The molecule has 1 aliphatic heterocycles. The monoisotopic (exact) mass is 253 g/mol. The summed E-state index contributed by atoms with van der Waals surface area (Å²) in [5.41, 5.74) is -0.664. The maximum Gasteiger partial charge on any atom is 0.318 e. The maximum absolute atomic E-state index is 12.1. The molecule has 2 heterocycles. The van der Waals surface area contributed by atoms with Gasteiger partial charge in [-0.05, 0) is 33.2 Å². The van der Waals surface area contributed by atoms with E-state index in [-0.39, 0.29) is 12.0 Å². The summed E-state index contributed by atoms with van der Waals surface area (Å²) in [4.78, 5) is 14.0. The first-order valence-corrected chi connectivity index (χ1v) is 5.90. The lowest BCUT2D eigenvalue weighted by Gasteiger charge is -2.45. The van der Waals surface area contributed by atoms with E-state index in [1.165, 1.54) is 7.11 Å². The van der Waals surface area contributed by atoms with Gasteiger partial charge >= 0.3 is 5.97 Å². The number of ether oxygens (including phenoxy) is 2. The first-order valence-electron chi connectivity index (χ1n) is 5.90. The molecule has 0 aromatic carbocycles. The van der Waals surface area contributed by atoms with E-state index in [9.17, 15) is 4.79 Å². The fourth-order valence-electron chi connectivity index (χ4n) is 2.53. The zero-order valence-corrected chi connectivity index (χ0v) is 11.2. The first-order chi connectivity index (χ1) is 8.51. The lowest BCUT2D eigenvalue weighted by Crippen LogP contribution is -2.56. The Labute approximate surface area is 107 Å². The average Bonchev–Trinajstić information content (AvgIpc) is 2.67. The van der Waals surface area contributed by atoms with Gasteiger partial charge in [-0.15, -0.1) is 0 Å². The third kappa shape index (κ3) is 1.93. The van der Waals surface area contributed by atoms with Crippen LogP contribution in [0.25, 0.3) is 0 Å². The van der Waals surface area contributed by atoms with Gasteiger partial charge in [0.1, 0.15) is 16.9 Å². The highest BCUT2D eigenvalue weighted by molar-refractivity contribution is 5.79. The molecule has 0 radical (unpaired) electrons. The van der Waals surface area contributed by atoms with Crippen molar-refractivity contribution in [3.05, 3.63) is 23.7 Å². The number of hydrogen-bond donors (Lipinski definition) is 0. The molecule has 5 heteroatoms. The van der Waals surface area contributed by atoms with E-state index in [0.717, 1.165) is 11.5 Å². The van der Waals surface area contributed by atoms with Gasteiger partial charge < -0.3 is 13.9 Å². The number of carbonyl (C=O) groups is 1. The number of carbonyl (C=O) groups excluding carboxylic acids is 1. The lowest BCUT2D eigenvalue weighted by molar-refractivity contribution is -0.198. The van der Waals surface area contributed by atoms with Crippen LogP contribution in [0.1, 0.15) is 17.6 Å². The van der Waals surface area contributed by atoms with Gasteiger partial charge in [0.15, 0.2) is 0 Å². The van der Waals surface area contributed by atoms with Crippen molar-refractivity contribution in [1.29, 1.82) is 0 Å². The second kappa shape index (κ2) is 4.74. The minimum Gasteiger partial charge on any atom is -0.468 e. The molecule has 0 aliphatic carbocycles. The third-order valence-corrected chi connectivity index (χ3v) is 3.38. The van der Waals surface area contributed by atoms with Gasteiger partial charge in [-0.2, -0.15) is 0 Å². The molecule has 2 rings (SSSR count). The van der Waals surface area contributed by atoms with Crippen molar-refractivity contribution < 1.29 is 18.7 Å². The van der Waals surface area contributed by atoms with Gasteiger partial charge in [0.2, 0.25) is 0 Å². The predicted octanol–water partition coefficient (Wildman–Crippen LogP) is 1.38. The van der Waals surface area contributed by atoms with E-state index in [1.807, 2.05) is 38.1 Å². The average molecular weight is 253 g/mol. The van der Waals surface area contributed by atoms with Gasteiger partial charge in [-0.1, -0.05) is 0 Å². The lowest BCUT2D eigenvalue weighted by atomic mass is 9.76. The van der Waals surface area contributed by atoms with Crippen LogP contribution in [0.15, 0.2) is 16.5 Å². The van der Waals surface area contributed by atoms with E-state index in [0.29, 0.717) is 13.2 Å². The van der Waals surface area contributed by atoms with Gasteiger partial charge in [0.25, 0.3) is 0 Å². The number of nitrogens with zero attached hydrogens (tertiary/aromatic N) is 1. The van der Waals surface area contributed by atoms with Crippen LogP contribution in [-0.2, 0) is 14.3 Å². The zero-order valence-electron chi connectivity index (χ0n) is 11.2. The second-order valence-corrected chi connectivity index (χ2v) is 4.96. The zero-order chi connectivity index (χ0) is 13.3. The number of esters is 1. The van der Waals surface area contributed by atoms with Crippen LogP contribution < -0.4 is 0 Å². The van der Waals surface area contributed by atoms with Crippen LogP contribution in [-0.4, -0.2) is 45.3 Å². The van der Waals surface area contributed by atoms with Crippen LogP contribution in [0, 0.1) is 12.3 Å². The molecule has 0 saturated carbocycles. The second-order valence-electron chi connectivity index (χ2n) is 4.96. The Morgan fingerprint density at radius 2 is 2.11 bits per heavy atom. The Hall–Kier alpha value is -1.33. The molecule has 0 spiro atoms. The Bertz CT molecular complexity index is 434. The van der Waals surface area contributed by atoms with Crippen LogP contribution >= 0.6 is 0 Å². The van der Waals surface area contributed by atoms with Crippen molar-refractivity contribution in [1.82, 2.24) is 4.90 Å². The number of rotatable bonds is 4. The summed E-state index contributed by atoms with van der Waals surface area (Å²) in [6, 6.07) is 3.63. The van der Waals surface area contributed by atoms with Crippen LogP contribution in [0.3, 0.4) is 0 Å². The standard InChI is InChI=1S/C13H19NO4/c1-9-5-6-10(18-9)11(14(2)3)13(7-17-8-13)12(15)16-4/h5-6,11H,7-8H2,1-4H3. The summed E-state index contributed by atoms with van der Waals surface area (Å²) in [5.74, 6) is 1.35. The van der Waals surface area contributed by atoms with Crippen LogP contribution in [0.5, 0.6) is 0 Å². The highest BCUT2D eigenvalue weighted by atomic mass is 16.5. The fourth-order valence-corrected chi connectivity index (χ4v) is 2.53. The molecule has 18 heavy (non-hydrogen) atoms. The van der Waals surface area contributed by atoms with Gasteiger partial charge in [0, 0.05) is 0 Å². The largest absolute Gasteiger partial charge is 0.468 e. The number of hydrogen-bond acceptors (Lipinski definition) is 5. The van der Waals surface area contributed by atoms with Crippen LogP contribution in [0.4, 0.5) is 0 Å². The molecule has 1 unspecified atom stereocenters. The SMILES string of the molecule is COC(=O)C1(C(c2ccc(C)o2)N(C)C)COC1. The quantitative estimate of drug-likeness (QED) is 0.759. The highest BCUT2D eigenvalue weighted by Gasteiger charge is 2.55. The number of aryl methyl sites for hydroxylation is 1. The normalized spacial score (nSPS) is 19.4. The van der Waals surface area contributed by atoms with Gasteiger partial charge in [-0.25, -0.2) is 0 Å². The Morgan fingerprint density at radius 3 is 2.44 bits per heavy atom. The molecule has 0 amide bonds. The molecule has 1 saturated heterocycles. The van der Waals surface area contributed by atoms with E-state index in [1.54, 1.807) is 0 Å². The molecule has 1 fully saturated rings. The van der Waals surface area contributed by atoms with E-state index >= 15 is 0 Å². The molecule has 1 aromatic rings. The number of methoxy groups -OCH3 is 1. The highest BCUT2D eigenvalue weighted by Crippen LogP contribution is 2.44. The Balaban J connectivity index is 2.38. The Morgan fingerprint density at radius 1 is 1.44 bits per heavy atom. The van der Waals surface area contributed by atoms with Crippen molar-refractivity contribution >= 4 is 5.97 Å². The molecule has 0 bridgehead atoms. The maximum atomic E-state index is 12.1. The summed E-state index contributed by atoms with van der Waals surface area (Å²) in [6.45, 7) is 2.61. The predicted molar refractivity (Wildman–Crippen MR) is 65.1 cm³/mol. The summed E-state index contributed by atoms with van der Waals surface area (Å²) in [6.07, 6.45) is 0. The smallest absolute Gasteiger partial charge is 0.318 e. The van der Waals surface area contributed by atoms with E-state index in [4.69, 9.17) is 13.9 Å². The van der Waals surface area contributed by atoms with Crippen molar-refractivity contribution in [2.24, 2.45) is 5.41 Å². The topological polar surface area (TPSA) is 51.9 Å². The molecule has 1 aromatic heterocycles. The minimum absolute atomic E-state index is 0.174. The summed E-state index contributed by atoms with van der Waals surface area (Å²) in [7, 11) is 5.25. The summed E-state index contributed by atoms with van der Waals surface area (Å²) in [5, 5.41) is 0. The van der Waals surface area contributed by atoms with Gasteiger partial charge in [0.05, 0.1) is 26.4 Å². The Kier molecular flexibility index (Phi) is 3.45. The molecule has 1 aliphatic rings. The van der Waals surface area contributed by atoms with Crippen LogP contribution in [0.2, 0.25) is 0 Å². The molecule has 5 nitrogen and oxygen atoms in total. The molecule has 100 valence electrons.